The lowest BCUT2D eigenvalue weighted by Crippen LogP contribution is -2.31. The second-order valence-electron chi connectivity index (χ2n) is 7.65. The maximum absolute atomic E-state index is 13.5. The van der Waals surface area contributed by atoms with Crippen LogP contribution in [0, 0.1) is 5.82 Å². The van der Waals surface area contributed by atoms with E-state index in [1.54, 1.807) is 6.07 Å². The molecular weight excluding hydrogens is 409 g/mol. The number of fused-ring (bicyclic) bond motifs is 3. The van der Waals surface area contributed by atoms with Crippen molar-refractivity contribution in [2.75, 3.05) is 24.5 Å². The third kappa shape index (κ3) is 4.64. The van der Waals surface area contributed by atoms with Gasteiger partial charge in [-0.15, -0.1) is 0 Å². The Labute approximate surface area is 184 Å². The topological polar surface area (TPSA) is 83.0 Å². The number of aromatic amines is 1. The number of amides is 1. The minimum Gasteiger partial charge on any atom is -0.372 e. The summed E-state index contributed by atoms with van der Waals surface area (Å²) in [6, 6.07) is 14.5. The maximum atomic E-state index is 13.5. The van der Waals surface area contributed by atoms with E-state index in [4.69, 9.17) is 0 Å². The zero-order chi connectivity index (χ0) is 22.5. The molecule has 7 nitrogen and oxygen atoms in total. The highest BCUT2D eigenvalue weighted by atomic mass is 19.1. The highest BCUT2D eigenvalue weighted by molar-refractivity contribution is 6.04. The van der Waals surface area contributed by atoms with Crippen LogP contribution in [0.5, 0.6) is 0 Å². The number of nitrogens with one attached hydrogen (secondary N) is 2. The fourth-order valence-electron chi connectivity index (χ4n) is 3.84. The quantitative estimate of drug-likeness (QED) is 0.395. The van der Waals surface area contributed by atoms with Gasteiger partial charge in [0.1, 0.15) is 16.9 Å². The molecular formula is C24H26FN5O2. The summed E-state index contributed by atoms with van der Waals surface area (Å²) in [4.78, 5) is 34.6. The number of rotatable bonds is 9. The van der Waals surface area contributed by atoms with Crippen molar-refractivity contribution in [2.24, 2.45) is 0 Å². The number of aryl methyl sites for hydroxylation is 1. The first-order valence-corrected chi connectivity index (χ1v) is 10.8. The van der Waals surface area contributed by atoms with E-state index in [0.717, 1.165) is 19.5 Å². The molecule has 4 aromatic rings. The molecule has 0 aliphatic rings. The summed E-state index contributed by atoms with van der Waals surface area (Å²) >= 11 is 0. The van der Waals surface area contributed by atoms with Crippen LogP contribution >= 0.6 is 0 Å². The van der Waals surface area contributed by atoms with E-state index in [1.807, 2.05) is 18.2 Å². The average molecular weight is 436 g/mol. The van der Waals surface area contributed by atoms with E-state index in [1.165, 1.54) is 28.7 Å². The van der Waals surface area contributed by atoms with Crippen molar-refractivity contribution in [1.29, 1.82) is 0 Å². The number of aromatic nitrogens is 3. The molecule has 0 fully saturated rings. The molecule has 1 amide bonds. The zero-order valence-electron chi connectivity index (χ0n) is 18.0. The van der Waals surface area contributed by atoms with Crippen LogP contribution in [0.15, 0.2) is 59.7 Å². The molecule has 2 aromatic carbocycles. The molecule has 0 atom stereocenters. The van der Waals surface area contributed by atoms with E-state index in [2.05, 4.69) is 39.2 Å². The van der Waals surface area contributed by atoms with Crippen molar-refractivity contribution in [3.8, 4) is 0 Å². The number of carbonyl (C=O) groups excluding carboxylic acids is 1. The summed E-state index contributed by atoms with van der Waals surface area (Å²) in [5.74, 6) is -0.495. The number of benzene rings is 2. The van der Waals surface area contributed by atoms with Gasteiger partial charge in [-0.1, -0.05) is 18.2 Å². The molecule has 0 bridgehead atoms. The third-order valence-corrected chi connectivity index (χ3v) is 5.54. The summed E-state index contributed by atoms with van der Waals surface area (Å²) < 4.78 is 14.9. The van der Waals surface area contributed by atoms with Gasteiger partial charge in [-0.25, -0.2) is 9.37 Å². The minimum absolute atomic E-state index is 0.113. The highest BCUT2D eigenvalue weighted by Crippen LogP contribution is 2.22. The van der Waals surface area contributed by atoms with Crippen molar-refractivity contribution < 1.29 is 9.18 Å². The number of halogens is 1. The third-order valence-electron chi connectivity index (χ3n) is 5.54. The van der Waals surface area contributed by atoms with Crippen molar-refractivity contribution in [3.05, 3.63) is 71.0 Å². The first-order valence-electron chi connectivity index (χ1n) is 10.8. The van der Waals surface area contributed by atoms with Gasteiger partial charge in [0.2, 0.25) is 5.91 Å². The maximum Gasteiger partial charge on any atom is 0.277 e. The number of H-pyrrole nitrogens is 1. The largest absolute Gasteiger partial charge is 0.372 e. The Morgan fingerprint density at radius 2 is 2.03 bits per heavy atom. The fourth-order valence-corrected chi connectivity index (χ4v) is 3.84. The van der Waals surface area contributed by atoms with Crippen LogP contribution in [-0.2, 0) is 11.3 Å². The molecule has 0 aliphatic heterocycles. The van der Waals surface area contributed by atoms with Crippen LogP contribution in [-0.4, -0.2) is 40.1 Å². The van der Waals surface area contributed by atoms with Gasteiger partial charge < -0.3 is 15.2 Å². The second kappa shape index (κ2) is 9.64. The Kier molecular flexibility index (Phi) is 6.49. The standard InChI is InChI=1S/C24H26FN5O2/c1-2-29(18-7-4-3-5-8-18)13-6-12-26-21(31)11-14-30-16-27-22-19-15-17(25)9-10-20(19)28-23(22)24(30)32/h3-5,7-10,15-16,28H,2,6,11-14H2,1H3,(H,26,31). The smallest absolute Gasteiger partial charge is 0.277 e. The van der Waals surface area contributed by atoms with E-state index in [0.29, 0.717) is 28.5 Å². The summed E-state index contributed by atoms with van der Waals surface area (Å²) in [6.45, 7) is 4.65. The molecule has 2 N–H and O–H groups in total. The molecule has 8 heteroatoms. The summed E-state index contributed by atoms with van der Waals surface area (Å²) in [5, 5.41) is 3.49. The lowest BCUT2D eigenvalue weighted by molar-refractivity contribution is -0.121. The van der Waals surface area contributed by atoms with Gasteiger partial charge in [0.25, 0.3) is 5.56 Å². The number of hydrogen-bond donors (Lipinski definition) is 2. The molecule has 0 saturated carbocycles. The summed E-state index contributed by atoms with van der Waals surface area (Å²) in [5.41, 5.74) is 2.29. The van der Waals surface area contributed by atoms with Crippen LogP contribution in [0.2, 0.25) is 0 Å². The molecule has 2 aromatic heterocycles. The molecule has 32 heavy (non-hydrogen) atoms. The normalized spacial score (nSPS) is 11.2. The van der Waals surface area contributed by atoms with E-state index in [9.17, 15) is 14.0 Å². The first-order chi connectivity index (χ1) is 15.6. The SMILES string of the molecule is CCN(CCCNC(=O)CCn1cnc2c([nH]c3ccc(F)cc32)c1=O)c1ccccc1. The van der Waals surface area contributed by atoms with E-state index >= 15 is 0 Å². The fraction of sp³-hybridized carbons (Fsp3) is 0.292. The molecule has 0 radical (unpaired) electrons. The van der Waals surface area contributed by atoms with Crippen molar-refractivity contribution in [3.63, 3.8) is 0 Å². The van der Waals surface area contributed by atoms with Crippen LogP contribution < -0.4 is 15.8 Å². The molecule has 2 heterocycles. The van der Waals surface area contributed by atoms with E-state index in [-0.39, 0.29) is 30.2 Å². The summed E-state index contributed by atoms with van der Waals surface area (Å²) in [7, 11) is 0. The average Bonchev–Trinajstić information content (AvgIpc) is 3.18. The second-order valence-corrected chi connectivity index (χ2v) is 7.65. The predicted octanol–water partition coefficient (Wildman–Crippen LogP) is 3.44. The lowest BCUT2D eigenvalue weighted by Gasteiger charge is -2.23. The highest BCUT2D eigenvalue weighted by Gasteiger charge is 2.12. The molecule has 4 rings (SSSR count). The molecule has 0 spiro atoms. The zero-order valence-corrected chi connectivity index (χ0v) is 18.0. The van der Waals surface area contributed by atoms with Crippen LogP contribution in [0.4, 0.5) is 10.1 Å². The number of anilines is 1. The Morgan fingerprint density at radius 1 is 1.22 bits per heavy atom. The van der Waals surface area contributed by atoms with Gasteiger partial charge in [-0.3, -0.25) is 14.2 Å². The molecule has 0 saturated heterocycles. The van der Waals surface area contributed by atoms with Gasteiger partial charge >= 0.3 is 0 Å². The van der Waals surface area contributed by atoms with Gasteiger partial charge in [-0.2, -0.15) is 0 Å². The van der Waals surface area contributed by atoms with Gasteiger partial charge in [0.15, 0.2) is 0 Å². The van der Waals surface area contributed by atoms with Crippen molar-refractivity contribution in [2.45, 2.75) is 26.3 Å². The van der Waals surface area contributed by atoms with Crippen LogP contribution in [0.25, 0.3) is 21.9 Å². The number of hydrogen-bond acceptors (Lipinski definition) is 4. The summed E-state index contributed by atoms with van der Waals surface area (Å²) in [6.07, 6.45) is 2.42. The van der Waals surface area contributed by atoms with Crippen LogP contribution in [0.1, 0.15) is 19.8 Å². The predicted molar refractivity (Wildman–Crippen MR) is 124 cm³/mol. The van der Waals surface area contributed by atoms with E-state index < -0.39 is 0 Å². The molecule has 0 aliphatic carbocycles. The van der Waals surface area contributed by atoms with Gasteiger partial charge in [-0.05, 0) is 43.7 Å². The number of carbonyl (C=O) groups is 1. The minimum atomic E-state index is -0.383. The molecule has 166 valence electrons. The lowest BCUT2D eigenvalue weighted by atomic mass is 10.2. The Balaban J connectivity index is 1.30. The number of para-hydroxylation sites is 1. The first kappa shape index (κ1) is 21.5. The molecule has 0 unspecified atom stereocenters. The van der Waals surface area contributed by atoms with Gasteiger partial charge in [0, 0.05) is 49.2 Å². The van der Waals surface area contributed by atoms with Crippen molar-refractivity contribution in [1.82, 2.24) is 19.9 Å². The Morgan fingerprint density at radius 3 is 2.81 bits per heavy atom. The van der Waals surface area contributed by atoms with Crippen molar-refractivity contribution >= 4 is 33.5 Å². The van der Waals surface area contributed by atoms with Crippen LogP contribution in [0.3, 0.4) is 0 Å². The number of nitrogens with zero attached hydrogens (tertiary/aromatic N) is 3. The monoisotopic (exact) mass is 435 g/mol. The Hall–Kier alpha value is -3.68. The Bertz CT molecular complexity index is 1280. The van der Waals surface area contributed by atoms with Gasteiger partial charge in [0.05, 0.1) is 6.33 Å².